The van der Waals surface area contributed by atoms with E-state index in [1.54, 1.807) is 6.21 Å². The summed E-state index contributed by atoms with van der Waals surface area (Å²) in [4.78, 5) is 11.8. The quantitative estimate of drug-likeness (QED) is 0.383. The zero-order chi connectivity index (χ0) is 20.1. The first-order chi connectivity index (χ1) is 13.5. The number of ether oxygens (including phenoxy) is 2. The van der Waals surface area contributed by atoms with Crippen molar-refractivity contribution in [3.8, 4) is 11.5 Å². The average molecular weight is 500 g/mol. The topological polar surface area (TPSA) is 51.1 Å². The van der Waals surface area contributed by atoms with E-state index in [1.807, 2.05) is 43.3 Å². The highest BCUT2D eigenvalue weighted by Gasteiger charge is 2.26. The molecule has 9 heteroatoms. The van der Waals surface area contributed by atoms with Gasteiger partial charge in [-0.2, -0.15) is 10.1 Å². The molecule has 1 amide bonds. The minimum absolute atomic E-state index is 0.127. The standard InChI is InChI=1S/C19H16BrClN2O3S2/c1-2-25-16-8-13(9-22-23-17(24)11-28-19(23)27)7-15(20)18(16)26-10-12-3-5-14(21)6-4-12/h3-9H,2,10-11H2,1H3/b22-9+. The predicted octanol–water partition coefficient (Wildman–Crippen LogP) is 5.27. The van der Waals surface area contributed by atoms with Crippen molar-refractivity contribution in [1.82, 2.24) is 5.01 Å². The molecule has 0 bridgehead atoms. The number of halogens is 2. The second-order valence-corrected chi connectivity index (χ2v) is 8.58. The maximum Gasteiger partial charge on any atom is 0.259 e. The van der Waals surface area contributed by atoms with Crippen LogP contribution in [0.1, 0.15) is 18.1 Å². The molecule has 1 saturated heterocycles. The molecule has 0 radical (unpaired) electrons. The Bertz CT molecular complexity index is 906. The van der Waals surface area contributed by atoms with E-state index in [2.05, 4.69) is 21.0 Å². The van der Waals surface area contributed by atoms with E-state index in [0.29, 0.717) is 39.8 Å². The molecule has 0 N–H and O–H groups in total. The Hall–Kier alpha value is -1.61. The number of hydrazone groups is 1. The number of rotatable bonds is 7. The molecule has 0 saturated carbocycles. The second kappa shape index (κ2) is 9.73. The Morgan fingerprint density at radius 1 is 1.32 bits per heavy atom. The predicted molar refractivity (Wildman–Crippen MR) is 121 cm³/mol. The molecule has 1 aliphatic heterocycles. The van der Waals surface area contributed by atoms with Crippen molar-refractivity contribution >= 4 is 68.0 Å². The minimum Gasteiger partial charge on any atom is -0.490 e. The Morgan fingerprint density at radius 3 is 2.71 bits per heavy atom. The molecule has 2 aromatic carbocycles. The third-order valence-electron chi connectivity index (χ3n) is 3.68. The summed E-state index contributed by atoms with van der Waals surface area (Å²) in [6, 6.07) is 11.1. The largest absolute Gasteiger partial charge is 0.490 e. The lowest BCUT2D eigenvalue weighted by Crippen LogP contribution is -2.22. The van der Waals surface area contributed by atoms with Crippen LogP contribution in [0.15, 0.2) is 46.0 Å². The molecule has 146 valence electrons. The summed E-state index contributed by atoms with van der Waals surface area (Å²) < 4.78 is 12.9. The SMILES string of the molecule is CCOc1cc(/C=N/N2C(=O)CSC2=S)cc(Br)c1OCc1ccc(Cl)cc1. The van der Waals surface area contributed by atoms with Gasteiger partial charge in [-0.1, -0.05) is 47.7 Å². The number of benzene rings is 2. The first kappa shape index (κ1) is 21.1. The molecule has 0 unspecified atom stereocenters. The van der Waals surface area contributed by atoms with Crippen LogP contribution in [-0.2, 0) is 11.4 Å². The van der Waals surface area contributed by atoms with E-state index in [1.165, 1.54) is 16.8 Å². The van der Waals surface area contributed by atoms with Crippen LogP contribution in [0.4, 0.5) is 0 Å². The molecular formula is C19H16BrClN2O3S2. The first-order valence-electron chi connectivity index (χ1n) is 8.35. The van der Waals surface area contributed by atoms with Crippen molar-refractivity contribution in [2.45, 2.75) is 13.5 Å². The third kappa shape index (κ3) is 5.26. The molecule has 0 spiro atoms. The van der Waals surface area contributed by atoms with Gasteiger partial charge in [-0.25, -0.2) is 0 Å². The van der Waals surface area contributed by atoms with Crippen molar-refractivity contribution < 1.29 is 14.3 Å². The van der Waals surface area contributed by atoms with Crippen molar-refractivity contribution in [2.24, 2.45) is 5.10 Å². The van der Waals surface area contributed by atoms with Gasteiger partial charge < -0.3 is 9.47 Å². The van der Waals surface area contributed by atoms with Gasteiger partial charge in [0.05, 0.1) is 23.0 Å². The van der Waals surface area contributed by atoms with Crippen LogP contribution in [-0.4, -0.2) is 33.8 Å². The second-order valence-electron chi connectivity index (χ2n) is 5.68. The Kier molecular flexibility index (Phi) is 7.34. The highest BCUT2D eigenvalue weighted by atomic mass is 79.9. The number of hydrogen-bond acceptors (Lipinski definition) is 6. The zero-order valence-electron chi connectivity index (χ0n) is 14.9. The van der Waals surface area contributed by atoms with Crippen LogP contribution >= 0.6 is 51.5 Å². The van der Waals surface area contributed by atoms with E-state index in [9.17, 15) is 4.79 Å². The highest BCUT2D eigenvalue weighted by Crippen LogP contribution is 2.37. The number of amides is 1. The summed E-state index contributed by atoms with van der Waals surface area (Å²) in [5, 5.41) is 6.11. The number of carbonyl (C=O) groups excluding carboxylic acids is 1. The molecule has 5 nitrogen and oxygen atoms in total. The van der Waals surface area contributed by atoms with Crippen molar-refractivity contribution in [1.29, 1.82) is 0 Å². The number of carbonyl (C=O) groups is 1. The minimum atomic E-state index is -0.127. The number of thioether (sulfide) groups is 1. The molecule has 2 aromatic rings. The summed E-state index contributed by atoms with van der Waals surface area (Å²) >= 11 is 15.9. The summed E-state index contributed by atoms with van der Waals surface area (Å²) in [7, 11) is 0. The Morgan fingerprint density at radius 2 is 2.07 bits per heavy atom. The van der Waals surface area contributed by atoms with Crippen LogP contribution in [0.2, 0.25) is 5.02 Å². The first-order valence-corrected chi connectivity index (χ1v) is 10.9. The van der Waals surface area contributed by atoms with Gasteiger partial charge in [-0.3, -0.25) is 4.79 Å². The smallest absolute Gasteiger partial charge is 0.259 e. The molecule has 3 rings (SSSR count). The lowest BCUT2D eigenvalue weighted by molar-refractivity contribution is -0.123. The molecule has 0 atom stereocenters. The fraction of sp³-hybridized carbons (Fsp3) is 0.211. The fourth-order valence-corrected chi connectivity index (χ4v) is 4.05. The highest BCUT2D eigenvalue weighted by molar-refractivity contribution is 9.10. The lowest BCUT2D eigenvalue weighted by atomic mass is 10.2. The van der Waals surface area contributed by atoms with Gasteiger partial charge in [0.2, 0.25) is 0 Å². The monoisotopic (exact) mass is 498 g/mol. The van der Waals surface area contributed by atoms with E-state index < -0.39 is 0 Å². The van der Waals surface area contributed by atoms with Crippen LogP contribution in [0, 0.1) is 0 Å². The number of nitrogens with zero attached hydrogens (tertiary/aromatic N) is 2. The molecule has 1 aliphatic rings. The van der Waals surface area contributed by atoms with Crippen LogP contribution in [0.25, 0.3) is 0 Å². The maximum absolute atomic E-state index is 11.8. The number of hydrogen-bond donors (Lipinski definition) is 0. The van der Waals surface area contributed by atoms with Crippen molar-refractivity contribution in [3.63, 3.8) is 0 Å². The van der Waals surface area contributed by atoms with Crippen LogP contribution in [0.5, 0.6) is 11.5 Å². The molecule has 28 heavy (non-hydrogen) atoms. The fourth-order valence-electron chi connectivity index (χ4n) is 2.39. The summed E-state index contributed by atoms with van der Waals surface area (Å²) in [6.07, 6.45) is 1.58. The van der Waals surface area contributed by atoms with E-state index in [4.69, 9.17) is 33.3 Å². The van der Waals surface area contributed by atoms with E-state index in [0.717, 1.165) is 15.6 Å². The maximum atomic E-state index is 11.8. The van der Waals surface area contributed by atoms with Gasteiger partial charge in [-0.05, 0) is 58.2 Å². The Balaban J connectivity index is 1.80. The van der Waals surface area contributed by atoms with Gasteiger partial charge in [0.1, 0.15) is 6.61 Å². The van der Waals surface area contributed by atoms with Crippen molar-refractivity contribution in [2.75, 3.05) is 12.4 Å². The zero-order valence-corrected chi connectivity index (χ0v) is 18.8. The van der Waals surface area contributed by atoms with Gasteiger partial charge in [0, 0.05) is 5.02 Å². The van der Waals surface area contributed by atoms with Crippen LogP contribution in [0.3, 0.4) is 0 Å². The van der Waals surface area contributed by atoms with Crippen LogP contribution < -0.4 is 9.47 Å². The molecule has 0 aromatic heterocycles. The van der Waals surface area contributed by atoms with Gasteiger partial charge in [-0.15, -0.1) is 0 Å². The number of thiocarbonyl (C=S) groups is 1. The van der Waals surface area contributed by atoms with Crippen molar-refractivity contribution in [3.05, 3.63) is 57.0 Å². The molecule has 0 aliphatic carbocycles. The van der Waals surface area contributed by atoms with Gasteiger partial charge in [0.25, 0.3) is 5.91 Å². The summed E-state index contributed by atoms with van der Waals surface area (Å²) in [6.45, 7) is 2.75. The normalized spacial score (nSPS) is 14.2. The third-order valence-corrected chi connectivity index (χ3v) is 5.86. The van der Waals surface area contributed by atoms with Gasteiger partial charge >= 0.3 is 0 Å². The molecule has 1 heterocycles. The Labute approximate surface area is 186 Å². The molecular weight excluding hydrogens is 484 g/mol. The lowest BCUT2D eigenvalue weighted by Gasteiger charge is -2.15. The molecule has 1 fully saturated rings. The van der Waals surface area contributed by atoms with Gasteiger partial charge in [0.15, 0.2) is 15.8 Å². The summed E-state index contributed by atoms with van der Waals surface area (Å²) in [5.74, 6) is 1.37. The average Bonchev–Trinajstić information content (AvgIpc) is 2.99. The van der Waals surface area contributed by atoms with E-state index in [-0.39, 0.29) is 5.91 Å². The van der Waals surface area contributed by atoms with E-state index >= 15 is 0 Å². The summed E-state index contributed by atoms with van der Waals surface area (Å²) in [5.41, 5.74) is 1.74.